The second-order valence-electron chi connectivity index (χ2n) is 3.36. The van der Waals surface area contributed by atoms with E-state index in [1.807, 2.05) is 43.3 Å². The molecule has 2 nitrogen and oxygen atoms in total. The largest absolute Gasteiger partial charge is 0.402 e. The topological polar surface area (TPSA) is 52.0 Å². The fourth-order valence-corrected chi connectivity index (χ4v) is 1.18. The van der Waals surface area contributed by atoms with Gasteiger partial charge in [-0.05, 0) is 36.3 Å². The molecule has 0 radical (unpaired) electrons. The van der Waals surface area contributed by atoms with Crippen molar-refractivity contribution in [3.8, 4) is 0 Å². The van der Waals surface area contributed by atoms with Crippen LogP contribution >= 0.6 is 0 Å². The Morgan fingerprint density at radius 1 is 1.20 bits per heavy atom. The summed E-state index contributed by atoms with van der Waals surface area (Å²) in [5.74, 6) is 0. The van der Waals surface area contributed by atoms with Gasteiger partial charge in [-0.1, -0.05) is 30.9 Å². The van der Waals surface area contributed by atoms with E-state index in [1.54, 1.807) is 6.08 Å². The molecule has 78 valence electrons. The van der Waals surface area contributed by atoms with Crippen LogP contribution in [0.25, 0.3) is 5.57 Å². The third kappa shape index (κ3) is 3.35. The van der Waals surface area contributed by atoms with Crippen molar-refractivity contribution in [2.45, 2.75) is 6.92 Å². The predicted octanol–water partition coefficient (Wildman–Crippen LogP) is 2.70. The predicted molar refractivity (Wildman–Crippen MR) is 67.0 cm³/mol. The van der Waals surface area contributed by atoms with E-state index in [-0.39, 0.29) is 0 Å². The van der Waals surface area contributed by atoms with Crippen molar-refractivity contribution >= 4 is 11.3 Å². The van der Waals surface area contributed by atoms with Crippen LogP contribution < -0.4 is 11.5 Å². The van der Waals surface area contributed by atoms with Gasteiger partial charge in [0, 0.05) is 11.4 Å². The minimum Gasteiger partial charge on any atom is -0.402 e. The van der Waals surface area contributed by atoms with Crippen LogP contribution in [0.15, 0.2) is 54.8 Å². The molecule has 0 heterocycles. The van der Waals surface area contributed by atoms with Gasteiger partial charge in [-0.25, -0.2) is 0 Å². The van der Waals surface area contributed by atoms with E-state index in [0.717, 1.165) is 22.5 Å². The molecule has 0 aliphatic heterocycles. The zero-order valence-electron chi connectivity index (χ0n) is 8.90. The Morgan fingerprint density at radius 3 is 2.27 bits per heavy atom. The molecule has 2 heteroatoms. The minimum absolute atomic E-state index is 0.757. The summed E-state index contributed by atoms with van der Waals surface area (Å²) in [5.41, 5.74) is 14.8. The zero-order valence-corrected chi connectivity index (χ0v) is 8.90. The molecule has 0 spiro atoms. The van der Waals surface area contributed by atoms with Crippen LogP contribution in [-0.4, -0.2) is 0 Å². The van der Waals surface area contributed by atoms with Crippen LogP contribution in [0.4, 0.5) is 5.69 Å². The van der Waals surface area contributed by atoms with Crippen molar-refractivity contribution in [2.75, 3.05) is 5.73 Å². The Hall–Kier alpha value is -1.96. The fraction of sp³-hybridized carbons (Fsp3) is 0.0769. The molecular formula is C13H16N2. The highest BCUT2D eigenvalue weighted by Gasteiger charge is 1.95. The molecule has 0 fully saturated rings. The molecule has 1 rings (SSSR count). The molecule has 0 aliphatic rings. The van der Waals surface area contributed by atoms with Gasteiger partial charge in [0.2, 0.25) is 0 Å². The number of allylic oxidation sites excluding steroid dienone is 5. The summed E-state index contributed by atoms with van der Waals surface area (Å²) in [6, 6.07) is 7.66. The summed E-state index contributed by atoms with van der Waals surface area (Å²) in [7, 11) is 0. The van der Waals surface area contributed by atoms with Crippen LogP contribution in [0.3, 0.4) is 0 Å². The number of hydrogen-bond acceptors (Lipinski definition) is 2. The van der Waals surface area contributed by atoms with Crippen molar-refractivity contribution in [2.24, 2.45) is 5.73 Å². The zero-order chi connectivity index (χ0) is 11.3. The number of nitrogens with two attached hydrogens (primary N) is 2. The third-order valence-corrected chi connectivity index (χ3v) is 1.99. The van der Waals surface area contributed by atoms with Crippen molar-refractivity contribution in [3.05, 3.63) is 60.3 Å². The Bertz CT molecular complexity index is 393. The first-order valence-electron chi connectivity index (χ1n) is 4.76. The van der Waals surface area contributed by atoms with Crippen LogP contribution in [0.2, 0.25) is 0 Å². The van der Waals surface area contributed by atoms with Gasteiger partial charge in [-0.15, -0.1) is 0 Å². The average Bonchev–Trinajstić information content (AvgIpc) is 2.21. The first kappa shape index (κ1) is 11.1. The standard InChI is InChI=1S/C13H16N2/c1-3-11(5-4-10(2)14)12-6-8-13(15)9-7-12/h3-9H,1,14-15H2,2H3/b10-4+,11-5+. The third-order valence-electron chi connectivity index (χ3n) is 1.99. The molecule has 1 aromatic rings. The van der Waals surface area contributed by atoms with E-state index in [1.165, 1.54) is 0 Å². The number of benzene rings is 1. The molecule has 0 atom stereocenters. The van der Waals surface area contributed by atoms with E-state index in [2.05, 4.69) is 6.58 Å². The highest BCUT2D eigenvalue weighted by Crippen LogP contribution is 2.17. The van der Waals surface area contributed by atoms with Gasteiger partial charge in [-0.2, -0.15) is 0 Å². The molecule has 15 heavy (non-hydrogen) atoms. The van der Waals surface area contributed by atoms with Crippen LogP contribution in [-0.2, 0) is 0 Å². The van der Waals surface area contributed by atoms with Crippen LogP contribution in [0.1, 0.15) is 12.5 Å². The Labute approximate surface area is 90.6 Å². The highest BCUT2D eigenvalue weighted by atomic mass is 14.5. The van der Waals surface area contributed by atoms with E-state index in [0.29, 0.717) is 0 Å². The Morgan fingerprint density at radius 2 is 1.80 bits per heavy atom. The fourth-order valence-electron chi connectivity index (χ4n) is 1.18. The highest BCUT2D eigenvalue weighted by molar-refractivity contribution is 5.75. The number of hydrogen-bond donors (Lipinski definition) is 2. The van der Waals surface area contributed by atoms with Crippen LogP contribution in [0.5, 0.6) is 0 Å². The van der Waals surface area contributed by atoms with Crippen molar-refractivity contribution in [1.82, 2.24) is 0 Å². The molecule has 0 amide bonds. The van der Waals surface area contributed by atoms with Gasteiger partial charge in [0.25, 0.3) is 0 Å². The second-order valence-corrected chi connectivity index (χ2v) is 3.36. The molecule has 0 saturated carbocycles. The number of nitrogen functional groups attached to an aromatic ring is 1. The van der Waals surface area contributed by atoms with Crippen molar-refractivity contribution in [3.63, 3.8) is 0 Å². The van der Waals surface area contributed by atoms with E-state index in [4.69, 9.17) is 11.5 Å². The maximum absolute atomic E-state index is 5.61. The lowest BCUT2D eigenvalue weighted by Crippen LogP contribution is -1.89. The molecule has 1 aromatic carbocycles. The lowest BCUT2D eigenvalue weighted by atomic mass is 10.1. The molecular weight excluding hydrogens is 184 g/mol. The molecule has 4 N–H and O–H groups in total. The lowest BCUT2D eigenvalue weighted by molar-refractivity contribution is 1.32. The van der Waals surface area contributed by atoms with Gasteiger partial charge in [0.05, 0.1) is 0 Å². The summed E-state index contributed by atoms with van der Waals surface area (Å²) >= 11 is 0. The molecule has 0 bridgehead atoms. The molecule has 0 unspecified atom stereocenters. The van der Waals surface area contributed by atoms with Gasteiger partial charge in [0.15, 0.2) is 0 Å². The number of rotatable bonds is 3. The van der Waals surface area contributed by atoms with Gasteiger partial charge < -0.3 is 11.5 Å². The summed E-state index contributed by atoms with van der Waals surface area (Å²) < 4.78 is 0. The summed E-state index contributed by atoms with van der Waals surface area (Å²) in [5, 5.41) is 0. The average molecular weight is 200 g/mol. The van der Waals surface area contributed by atoms with E-state index < -0.39 is 0 Å². The monoisotopic (exact) mass is 200 g/mol. The molecule has 0 aliphatic carbocycles. The lowest BCUT2D eigenvalue weighted by Gasteiger charge is -2.01. The van der Waals surface area contributed by atoms with E-state index >= 15 is 0 Å². The Kier molecular flexibility index (Phi) is 3.75. The molecule has 0 saturated heterocycles. The Balaban J connectivity index is 3.02. The maximum atomic E-state index is 5.61. The maximum Gasteiger partial charge on any atom is 0.0314 e. The quantitative estimate of drug-likeness (QED) is 0.582. The van der Waals surface area contributed by atoms with Gasteiger partial charge >= 0.3 is 0 Å². The van der Waals surface area contributed by atoms with Gasteiger partial charge in [-0.3, -0.25) is 0 Å². The van der Waals surface area contributed by atoms with Gasteiger partial charge in [0.1, 0.15) is 0 Å². The first-order chi connectivity index (χ1) is 7.13. The normalized spacial score (nSPS) is 12.6. The van der Waals surface area contributed by atoms with Crippen molar-refractivity contribution in [1.29, 1.82) is 0 Å². The summed E-state index contributed by atoms with van der Waals surface area (Å²) in [6.45, 7) is 5.62. The SMILES string of the molecule is C=C/C(=C\C=C(/C)N)c1ccc(N)cc1. The first-order valence-corrected chi connectivity index (χ1v) is 4.76. The second kappa shape index (κ2) is 5.05. The van der Waals surface area contributed by atoms with Crippen molar-refractivity contribution < 1.29 is 0 Å². The van der Waals surface area contributed by atoms with E-state index in [9.17, 15) is 0 Å². The summed E-state index contributed by atoms with van der Waals surface area (Å²) in [6.07, 6.45) is 5.59. The summed E-state index contributed by atoms with van der Waals surface area (Å²) in [4.78, 5) is 0. The smallest absolute Gasteiger partial charge is 0.0314 e. The minimum atomic E-state index is 0.757. The number of anilines is 1. The van der Waals surface area contributed by atoms with Crippen LogP contribution in [0, 0.1) is 0 Å². The molecule has 0 aromatic heterocycles.